The van der Waals surface area contributed by atoms with E-state index < -0.39 is 40.2 Å². The molecule has 0 heterocycles. The third-order valence-electron chi connectivity index (χ3n) is 6.07. The lowest BCUT2D eigenvalue weighted by Gasteiger charge is -2.41. The fourth-order valence-electron chi connectivity index (χ4n) is 4.96. The fourth-order valence-corrected chi connectivity index (χ4v) is 4.96. The highest BCUT2D eigenvalue weighted by Crippen LogP contribution is 2.48. The van der Waals surface area contributed by atoms with E-state index in [1.807, 2.05) is 27.7 Å². The minimum atomic E-state index is -1.20. The van der Waals surface area contributed by atoms with Crippen molar-refractivity contribution in [2.45, 2.75) is 59.3 Å². The van der Waals surface area contributed by atoms with Crippen molar-refractivity contribution >= 4 is 23.1 Å². The molecular formula is C23H27FO5. The third kappa shape index (κ3) is 4.16. The van der Waals surface area contributed by atoms with Crippen molar-refractivity contribution in [3.05, 3.63) is 29.6 Å². The smallest absolute Gasteiger partial charge is 0.144 e. The van der Waals surface area contributed by atoms with Crippen molar-refractivity contribution in [3.8, 4) is 5.75 Å². The summed E-state index contributed by atoms with van der Waals surface area (Å²) in [6.07, 6.45) is 0.565. The quantitative estimate of drug-likeness (QED) is 0.778. The predicted molar refractivity (Wildman–Crippen MR) is 104 cm³/mol. The number of Topliss-reactive ketones (excluding diaryl/α,β-unsaturated/α-hetero) is 4. The van der Waals surface area contributed by atoms with Crippen LogP contribution in [0.1, 0.15) is 64.9 Å². The average molecular weight is 402 g/mol. The van der Waals surface area contributed by atoms with E-state index in [2.05, 4.69) is 0 Å². The van der Waals surface area contributed by atoms with Gasteiger partial charge in [-0.3, -0.25) is 19.2 Å². The maximum atomic E-state index is 13.6. The van der Waals surface area contributed by atoms with Gasteiger partial charge in [-0.05, 0) is 22.5 Å². The summed E-state index contributed by atoms with van der Waals surface area (Å²) < 4.78 is 13.6. The summed E-state index contributed by atoms with van der Waals surface area (Å²) in [7, 11) is 0. The lowest BCUT2D eigenvalue weighted by atomic mass is 9.59. The van der Waals surface area contributed by atoms with Crippen molar-refractivity contribution in [2.24, 2.45) is 22.7 Å². The zero-order valence-electron chi connectivity index (χ0n) is 17.3. The van der Waals surface area contributed by atoms with Crippen LogP contribution in [0.3, 0.4) is 0 Å². The van der Waals surface area contributed by atoms with Gasteiger partial charge in [-0.15, -0.1) is 0 Å². The number of phenols is 1. The van der Waals surface area contributed by atoms with Crippen LogP contribution in [0.5, 0.6) is 5.75 Å². The number of rotatable bonds is 3. The van der Waals surface area contributed by atoms with E-state index in [0.717, 1.165) is 12.1 Å². The number of hydrogen-bond acceptors (Lipinski definition) is 5. The maximum Gasteiger partial charge on any atom is 0.144 e. The molecule has 1 aromatic carbocycles. The summed E-state index contributed by atoms with van der Waals surface area (Å²) in [6.45, 7) is 7.29. The highest BCUT2D eigenvalue weighted by atomic mass is 19.1. The molecule has 2 fully saturated rings. The highest BCUT2D eigenvalue weighted by Gasteiger charge is 2.52. The third-order valence-corrected chi connectivity index (χ3v) is 6.07. The zero-order valence-corrected chi connectivity index (χ0v) is 17.3. The highest BCUT2D eigenvalue weighted by molar-refractivity contribution is 6.11. The van der Waals surface area contributed by atoms with Crippen LogP contribution in [0.4, 0.5) is 4.39 Å². The average Bonchev–Trinajstić information content (AvgIpc) is 2.50. The number of aromatic hydroxyl groups is 1. The van der Waals surface area contributed by atoms with Crippen molar-refractivity contribution < 1.29 is 28.7 Å². The Morgan fingerprint density at radius 3 is 1.55 bits per heavy atom. The van der Waals surface area contributed by atoms with Crippen LogP contribution in [-0.4, -0.2) is 28.2 Å². The van der Waals surface area contributed by atoms with Gasteiger partial charge in [-0.25, -0.2) is 4.39 Å². The molecule has 0 aromatic heterocycles. The molecule has 1 aromatic rings. The van der Waals surface area contributed by atoms with Crippen LogP contribution in [0, 0.1) is 28.5 Å². The first-order chi connectivity index (χ1) is 13.3. The number of hydrogen-bond donors (Lipinski definition) is 1. The molecule has 2 aliphatic carbocycles. The summed E-state index contributed by atoms with van der Waals surface area (Å²) in [4.78, 5) is 52.0. The van der Waals surface area contributed by atoms with Gasteiger partial charge in [0.05, 0.1) is 11.8 Å². The molecule has 0 radical (unpaired) electrons. The summed E-state index contributed by atoms with van der Waals surface area (Å²) in [5.41, 5.74) is -0.894. The summed E-state index contributed by atoms with van der Waals surface area (Å²) in [5, 5.41) is 10.4. The second-order valence-electron chi connectivity index (χ2n) is 10.1. The topological polar surface area (TPSA) is 88.5 Å². The van der Waals surface area contributed by atoms with Crippen LogP contribution in [-0.2, 0) is 19.2 Å². The molecule has 29 heavy (non-hydrogen) atoms. The Labute approximate surface area is 169 Å². The summed E-state index contributed by atoms with van der Waals surface area (Å²) in [5.74, 6) is -6.01. The molecule has 0 atom stereocenters. The molecule has 156 valence electrons. The van der Waals surface area contributed by atoms with Crippen LogP contribution in [0.25, 0.3) is 0 Å². The number of ketones is 4. The molecule has 6 heteroatoms. The summed E-state index contributed by atoms with van der Waals surface area (Å²) in [6, 6.07) is 3.26. The Balaban J connectivity index is 2.13. The first-order valence-electron chi connectivity index (χ1n) is 9.91. The largest absolute Gasteiger partial charge is 0.508 e. The molecule has 3 rings (SSSR count). The molecule has 0 amide bonds. The molecule has 0 saturated heterocycles. The van der Waals surface area contributed by atoms with E-state index in [4.69, 9.17) is 0 Å². The monoisotopic (exact) mass is 402 g/mol. The lowest BCUT2D eigenvalue weighted by molar-refractivity contribution is -0.145. The Morgan fingerprint density at radius 1 is 0.828 bits per heavy atom. The molecule has 0 bridgehead atoms. The second-order valence-corrected chi connectivity index (χ2v) is 10.1. The number of carbonyl (C=O) groups is 4. The van der Waals surface area contributed by atoms with E-state index in [1.54, 1.807) is 0 Å². The number of benzene rings is 1. The predicted octanol–water partition coefficient (Wildman–Crippen LogP) is 3.76. The van der Waals surface area contributed by atoms with Gasteiger partial charge in [0, 0.05) is 37.7 Å². The van der Waals surface area contributed by atoms with Gasteiger partial charge in [-0.1, -0.05) is 33.8 Å². The van der Waals surface area contributed by atoms with Gasteiger partial charge in [0.2, 0.25) is 0 Å². The van der Waals surface area contributed by atoms with Gasteiger partial charge < -0.3 is 5.11 Å². The fraction of sp³-hybridized carbons (Fsp3) is 0.565. The number of carbonyl (C=O) groups excluding carboxylic acids is 4. The normalized spacial score (nSPS) is 23.1. The van der Waals surface area contributed by atoms with Crippen LogP contribution in [0.15, 0.2) is 18.2 Å². The minimum Gasteiger partial charge on any atom is -0.508 e. The molecule has 0 aliphatic heterocycles. The van der Waals surface area contributed by atoms with Crippen molar-refractivity contribution in [1.29, 1.82) is 0 Å². The maximum absolute atomic E-state index is 13.6. The van der Waals surface area contributed by atoms with E-state index in [-0.39, 0.29) is 54.4 Å². The first-order valence-corrected chi connectivity index (χ1v) is 9.91. The second kappa shape index (κ2) is 7.15. The summed E-state index contributed by atoms with van der Waals surface area (Å²) >= 11 is 0. The van der Waals surface area contributed by atoms with E-state index in [9.17, 15) is 28.7 Å². The number of phenolic OH excluding ortho intramolecular Hbond substituents is 1. The molecule has 0 unspecified atom stereocenters. The molecular weight excluding hydrogens is 375 g/mol. The Morgan fingerprint density at radius 2 is 1.21 bits per heavy atom. The first kappa shape index (κ1) is 21.3. The van der Waals surface area contributed by atoms with Crippen LogP contribution in [0.2, 0.25) is 0 Å². The lowest BCUT2D eigenvalue weighted by Crippen LogP contribution is -2.48. The van der Waals surface area contributed by atoms with Gasteiger partial charge in [0.25, 0.3) is 0 Å². The van der Waals surface area contributed by atoms with Gasteiger partial charge in [-0.2, -0.15) is 0 Å². The van der Waals surface area contributed by atoms with Gasteiger partial charge >= 0.3 is 0 Å². The van der Waals surface area contributed by atoms with Gasteiger partial charge in [0.15, 0.2) is 0 Å². The van der Waals surface area contributed by atoms with E-state index >= 15 is 0 Å². The Bertz CT molecular complexity index is 811. The van der Waals surface area contributed by atoms with E-state index in [0.29, 0.717) is 0 Å². The zero-order chi connectivity index (χ0) is 21.7. The molecule has 5 nitrogen and oxygen atoms in total. The molecule has 2 saturated carbocycles. The van der Waals surface area contributed by atoms with Gasteiger partial charge in [0.1, 0.15) is 34.7 Å². The molecule has 1 N–H and O–H groups in total. The van der Waals surface area contributed by atoms with Crippen molar-refractivity contribution in [2.75, 3.05) is 0 Å². The minimum absolute atomic E-state index is 0.101. The Kier molecular flexibility index (Phi) is 5.26. The van der Waals surface area contributed by atoms with Crippen molar-refractivity contribution in [1.82, 2.24) is 0 Å². The standard InChI is InChI=1S/C23H27FO5/c1-22(2)8-15(26)20(16(27)9-22)19(13-6-5-12(24)7-14(13)25)21-17(28)10-23(3,4)11-18(21)29/h5-7,19-21,25H,8-11H2,1-4H3. The number of halogens is 1. The van der Waals surface area contributed by atoms with Crippen molar-refractivity contribution in [3.63, 3.8) is 0 Å². The molecule has 0 spiro atoms. The Hall–Kier alpha value is -2.37. The SMILES string of the molecule is CC1(C)CC(=O)C(C(c2ccc(F)cc2O)C2C(=O)CC(C)(C)CC2=O)C(=O)C1. The van der Waals surface area contributed by atoms with Crippen LogP contribution >= 0.6 is 0 Å². The van der Waals surface area contributed by atoms with Crippen LogP contribution < -0.4 is 0 Å². The molecule has 2 aliphatic rings. The van der Waals surface area contributed by atoms with E-state index in [1.165, 1.54) is 6.07 Å².